The van der Waals surface area contributed by atoms with Crippen molar-refractivity contribution in [3.05, 3.63) is 58.9 Å². The summed E-state index contributed by atoms with van der Waals surface area (Å²) in [7, 11) is 1.40. The van der Waals surface area contributed by atoms with Crippen LogP contribution in [0.5, 0.6) is 5.75 Å². The van der Waals surface area contributed by atoms with E-state index < -0.39 is 23.6 Å². The molecule has 0 amide bonds. The minimum Gasteiger partial charge on any atom is -0.496 e. The van der Waals surface area contributed by atoms with Gasteiger partial charge < -0.3 is 9.47 Å². The fourth-order valence-corrected chi connectivity index (χ4v) is 5.16. The van der Waals surface area contributed by atoms with Gasteiger partial charge in [-0.3, -0.25) is 9.59 Å². The lowest BCUT2D eigenvalue weighted by Gasteiger charge is -2.25. The average Bonchev–Trinajstić information content (AvgIpc) is 3.39. The average molecular weight is 427 g/mol. The first-order valence-electron chi connectivity index (χ1n) is 9.89. The van der Waals surface area contributed by atoms with Crippen LogP contribution in [0.2, 0.25) is 0 Å². The van der Waals surface area contributed by atoms with Gasteiger partial charge in [-0.15, -0.1) is 11.3 Å². The molecule has 1 heterocycles. The van der Waals surface area contributed by atoms with E-state index in [0.29, 0.717) is 19.3 Å². The number of nitrogens with zero attached hydrogens (tertiary/aromatic N) is 1. The van der Waals surface area contributed by atoms with Crippen molar-refractivity contribution in [2.75, 3.05) is 13.7 Å². The van der Waals surface area contributed by atoms with Crippen LogP contribution in [0.3, 0.4) is 0 Å². The molecular formula is C23H22FNO4S. The first kappa shape index (κ1) is 20.5. The molecule has 4 rings (SSSR count). The summed E-state index contributed by atoms with van der Waals surface area (Å²) in [5.74, 6) is -1.17. The molecule has 0 unspecified atom stereocenters. The minimum absolute atomic E-state index is 0.0666. The Bertz CT molecular complexity index is 1050. The molecule has 30 heavy (non-hydrogen) atoms. The van der Waals surface area contributed by atoms with E-state index in [0.717, 1.165) is 34.1 Å². The number of ether oxygens (including phenoxy) is 2. The summed E-state index contributed by atoms with van der Waals surface area (Å²) in [5.41, 5.74) is 0.324. The molecule has 156 valence electrons. The first-order valence-corrected chi connectivity index (χ1v) is 10.7. The highest BCUT2D eigenvalue weighted by Gasteiger charge is 2.43. The van der Waals surface area contributed by atoms with Gasteiger partial charge >= 0.3 is 5.97 Å². The number of fused-ring (bicyclic) bond motifs is 1. The van der Waals surface area contributed by atoms with Crippen LogP contribution < -0.4 is 4.74 Å². The van der Waals surface area contributed by atoms with Crippen molar-refractivity contribution >= 4 is 33.3 Å². The molecular weight excluding hydrogens is 405 g/mol. The van der Waals surface area contributed by atoms with E-state index in [4.69, 9.17) is 9.47 Å². The van der Waals surface area contributed by atoms with Crippen molar-refractivity contribution in [2.24, 2.45) is 5.41 Å². The molecule has 1 aliphatic carbocycles. The highest BCUT2D eigenvalue weighted by molar-refractivity contribution is 7.18. The zero-order valence-corrected chi connectivity index (χ0v) is 17.5. The Labute approximate surface area is 177 Å². The van der Waals surface area contributed by atoms with Crippen LogP contribution >= 0.6 is 11.3 Å². The number of esters is 1. The summed E-state index contributed by atoms with van der Waals surface area (Å²) < 4.78 is 25.2. The van der Waals surface area contributed by atoms with Gasteiger partial charge in [-0.05, 0) is 43.2 Å². The number of ketones is 1. The summed E-state index contributed by atoms with van der Waals surface area (Å²) >= 11 is 1.58. The molecule has 0 aliphatic heterocycles. The topological polar surface area (TPSA) is 65.5 Å². The molecule has 1 aromatic heterocycles. The van der Waals surface area contributed by atoms with Gasteiger partial charge in [0.15, 0.2) is 6.61 Å². The molecule has 0 radical (unpaired) electrons. The number of hydrogen-bond donors (Lipinski definition) is 0. The Morgan fingerprint density at radius 2 is 1.93 bits per heavy atom. The number of benzene rings is 2. The van der Waals surface area contributed by atoms with Gasteiger partial charge in [0, 0.05) is 6.42 Å². The maximum absolute atomic E-state index is 13.6. The van der Waals surface area contributed by atoms with Crippen LogP contribution in [0, 0.1) is 11.2 Å². The molecule has 5 nitrogen and oxygen atoms in total. The predicted molar refractivity (Wildman–Crippen MR) is 112 cm³/mol. The Kier molecular flexibility index (Phi) is 5.81. The highest BCUT2D eigenvalue weighted by atomic mass is 32.1. The smallest absolute Gasteiger partial charge is 0.312 e. The molecule has 0 spiro atoms. The number of hydrogen-bond acceptors (Lipinski definition) is 6. The zero-order valence-electron chi connectivity index (χ0n) is 16.7. The molecule has 0 N–H and O–H groups in total. The maximum atomic E-state index is 13.6. The molecule has 7 heteroatoms. The molecule has 1 fully saturated rings. The zero-order chi connectivity index (χ0) is 21.1. The third-order valence-electron chi connectivity index (χ3n) is 5.62. The van der Waals surface area contributed by atoms with E-state index in [9.17, 15) is 14.0 Å². The lowest BCUT2D eigenvalue weighted by Crippen LogP contribution is -2.33. The van der Waals surface area contributed by atoms with Crippen LogP contribution in [0.25, 0.3) is 10.2 Å². The molecule has 1 aliphatic rings. The van der Waals surface area contributed by atoms with Gasteiger partial charge in [0.1, 0.15) is 11.6 Å². The number of aromatic nitrogens is 1. The molecule has 3 aromatic rings. The van der Waals surface area contributed by atoms with Gasteiger partial charge in [0.25, 0.3) is 0 Å². The SMILES string of the molecule is COc1ccc(F)cc1C(=O)COC(=O)C1(Cc2nc3ccccc3s2)CCCC1. The van der Waals surface area contributed by atoms with Gasteiger partial charge in [-0.2, -0.15) is 0 Å². The van der Waals surface area contributed by atoms with Crippen molar-refractivity contribution in [1.82, 2.24) is 4.98 Å². The summed E-state index contributed by atoms with van der Waals surface area (Å²) in [6.45, 7) is -0.444. The van der Waals surface area contributed by atoms with E-state index in [1.165, 1.54) is 19.2 Å². The monoisotopic (exact) mass is 427 g/mol. The maximum Gasteiger partial charge on any atom is 0.312 e. The summed E-state index contributed by atoms with van der Waals surface area (Å²) in [4.78, 5) is 30.2. The van der Waals surface area contributed by atoms with Crippen molar-refractivity contribution in [3.8, 4) is 5.75 Å². The normalized spacial score (nSPS) is 15.3. The van der Waals surface area contributed by atoms with Crippen LogP contribution in [0.1, 0.15) is 41.0 Å². The van der Waals surface area contributed by atoms with E-state index in [1.807, 2.05) is 24.3 Å². The second-order valence-electron chi connectivity index (χ2n) is 7.58. The van der Waals surface area contributed by atoms with Gasteiger partial charge in [0.2, 0.25) is 5.78 Å². The van der Waals surface area contributed by atoms with Crippen molar-refractivity contribution in [2.45, 2.75) is 32.1 Å². The Hall–Kier alpha value is -2.80. The quantitative estimate of drug-likeness (QED) is 0.393. The third kappa shape index (κ3) is 4.07. The van der Waals surface area contributed by atoms with Crippen LogP contribution in [0.4, 0.5) is 4.39 Å². The largest absolute Gasteiger partial charge is 0.496 e. The second-order valence-corrected chi connectivity index (χ2v) is 8.70. The van der Waals surface area contributed by atoms with Gasteiger partial charge in [0.05, 0.1) is 33.3 Å². The Balaban J connectivity index is 1.48. The lowest BCUT2D eigenvalue weighted by atomic mass is 9.83. The third-order valence-corrected chi connectivity index (χ3v) is 6.65. The van der Waals surface area contributed by atoms with Crippen molar-refractivity contribution in [3.63, 3.8) is 0 Å². The van der Waals surface area contributed by atoms with Crippen LogP contribution in [0.15, 0.2) is 42.5 Å². The van der Waals surface area contributed by atoms with Crippen molar-refractivity contribution in [1.29, 1.82) is 0 Å². The number of Topliss-reactive ketones (excluding diaryl/α,β-unsaturated/α-hetero) is 1. The number of carbonyl (C=O) groups excluding carboxylic acids is 2. The molecule has 0 bridgehead atoms. The number of para-hydroxylation sites is 1. The summed E-state index contributed by atoms with van der Waals surface area (Å²) in [6.07, 6.45) is 3.79. The van der Waals surface area contributed by atoms with E-state index in [-0.39, 0.29) is 17.3 Å². The first-order chi connectivity index (χ1) is 14.5. The number of methoxy groups -OCH3 is 1. The predicted octanol–water partition coefficient (Wildman–Crippen LogP) is 4.97. The number of thiazole rings is 1. The highest BCUT2D eigenvalue weighted by Crippen LogP contribution is 2.43. The fraction of sp³-hybridized carbons (Fsp3) is 0.348. The second kappa shape index (κ2) is 8.52. The summed E-state index contributed by atoms with van der Waals surface area (Å²) in [6, 6.07) is 11.6. The number of rotatable bonds is 7. The number of halogens is 1. The van der Waals surface area contributed by atoms with E-state index in [2.05, 4.69) is 4.98 Å². The van der Waals surface area contributed by atoms with E-state index in [1.54, 1.807) is 11.3 Å². The van der Waals surface area contributed by atoms with E-state index >= 15 is 0 Å². The number of carbonyl (C=O) groups is 2. The van der Waals surface area contributed by atoms with Gasteiger partial charge in [-0.25, -0.2) is 9.37 Å². The molecule has 0 atom stereocenters. The molecule has 0 saturated heterocycles. The summed E-state index contributed by atoms with van der Waals surface area (Å²) in [5, 5.41) is 0.896. The molecule has 2 aromatic carbocycles. The Morgan fingerprint density at radius 3 is 2.67 bits per heavy atom. The minimum atomic E-state index is -0.666. The molecule has 1 saturated carbocycles. The Morgan fingerprint density at radius 1 is 1.17 bits per heavy atom. The van der Waals surface area contributed by atoms with Crippen LogP contribution in [-0.2, 0) is 16.0 Å². The van der Waals surface area contributed by atoms with Crippen molar-refractivity contribution < 1.29 is 23.5 Å². The standard InChI is InChI=1S/C23H22FNO4S/c1-28-19-9-8-15(24)12-16(19)18(26)14-29-22(27)23(10-4-5-11-23)13-21-25-17-6-2-3-7-20(17)30-21/h2-3,6-9,12H,4-5,10-11,13-14H2,1H3. The van der Waals surface area contributed by atoms with Gasteiger partial charge in [-0.1, -0.05) is 25.0 Å². The van der Waals surface area contributed by atoms with Crippen LogP contribution in [-0.4, -0.2) is 30.5 Å². The lowest BCUT2D eigenvalue weighted by molar-refractivity contribution is -0.154. The fourth-order valence-electron chi connectivity index (χ4n) is 4.05.